The molecular formula is C10H15N3O5. The van der Waals surface area contributed by atoms with Crippen molar-refractivity contribution in [3.63, 3.8) is 0 Å². The van der Waals surface area contributed by atoms with Crippen molar-refractivity contribution in [1.82, 2.24) is 15.7 Å². The number of hydroxylamine groups is 1. The average Bonchev–Trinajstić information content (AvgIpc) is 2.94. The Bertz CT molecular complexity index is 359. The quantitative estimate of drug-likeness (QED) is 0.474. The summed E-state index contributed by atoms with van der Waals surface area (Å²) in [6.45, 7) is 1.41. The van der Waals surface area contributed by atoms with Crippen molar-refractivity contribution in [1.29, 1.82) is 0 Å². The first-order valence-corrected chi connectivity index (χ1v) is 5.79. The van der Waals surface area contributed by atoms with Crippen LogP contribution in [0, 0.1) is 0 Å². The molecular weight excluding hydrogens is 242 g/mol. The van der Waals surface area contributed by atoms with Crippen LogP contribution in [0.2, 0.25) is 0 Å². The van der Waals surface area contributed by atoms with Gasteiger partial charge in [0.2, 0.25) is 5.91 Å². The molecule has 0 unspecified atom stereocenters. The number of rotatable bonds is 5. The molecule has 2 aliphatic rings. The predicted molar refractivity (Wildman–Crippen MR) is 58.2 cm³/mol. The number of nitrogens with zero attached hydrogens (tertiary/aromatic N) is 1. The third-order valence-electron chi connectivity index (χ3n) is 2.80. The summed E-state index contributed by atoms with van der Waals surface area (Å²) in [5.41, 5.74) is 2.21. The highest BCUT2D eigenvalue weighted by molar-refractivity contribution is 5.87. The number of alkyl carbamates (subject to hydrolysis) is 1. The molecule has 18 heavy (non-hydrogen) atoms. The predicted octanol–water partition coefficient (Wildman–Crippen LogP) is -1.23. The lowest BCUT2D eigenvalue weighted by Gasteiger charge is -2.15. The van der Waals surface area contributed by atoms with E-state index in [1.165, 1.54) is 0 Å². The van der Waals surface area contributed by atoms with Gasteiger partial charge in [-0.2, -0.15) is 0 Å². The molecule has 2 saturated heterocycles. The van der Waals surface area contributed by atoms with E-state index in [1.807, 2.05) is 0 Å². The van der Waals surface area contributed by atoms with Gasteiger partial charge in [0.15, 0.2) is 0 Å². The third kappa shape index (κ3) is 3.10. The van der Waals surface area contributed by atoms with E-state index in [9.17, 15) is 14.4 Å². The third-order valence-corrected chi connectivity index (χ3v) is 2.80. The molecule has 0 bridgehead atoms. The van der Waals surface area contributed by atoms with Gasteiger partial charge in [0, 0.05) is 19.5 Å². The van der Waals surface area contributed by atoms with E-state index in [0.717, 1.165) is 13.0 Å². The summed E-state index contributed by atoms with van der Waals surface area (Å²) in [6, 6.07) is -0.717. The highest BCUT2D eigenvalue weighted by Crippen LogP contribution is 2.08. The summed E-state index contributed by atoms with van der Waals surface area (Å²) in [6.07, 6.45) is 0.840. The average molecular weight is 257 g/mol. The first-order chi connectivity index (χ1) is 8.66. The number of amides is 3. The van der Waals surface area contributed by atoms with E-state index in [-0.39, 0.29) is 19.1 Å². The zero-order chi connectivity index (χ0) is 13.0. The Morgan fingerprint density at radius 1 is 1.56 bits per heavy atom. The van der Waals surface area contributed by atoms with Crippen LogP contribution in [0.4, 0.5) is 4.79 Å². The fourth-order valence-electron chi connectivity index (χ4n) is 1.82. The maximum absolute atomic E-state index is 11.4. The maximum atomic E-state index is 11.4. The number of hydrogen-bond donors (Lipinski definition) is 2. The van der Waals surface area contributed by atoms with E-state index in [4.69, 9.17) is 4.84 Å². The Kier molecular flexibility index (Phi) is 3.98. The SMILES string of the molecule is O=C1N[C@H](C(=O)NOCCN2CCCC2=O)CO1. The van der Waals surface area contributed by atoms with Gasteiger partial charge in [0.25, 0.3) is 5.91 Å². The van der Waals surface area contributed by atoms with E-state index in [1.54, 1.807) is 4.90 Å². The Hall–Kier alpha value is -1.83. The Labute approximate surface area is 104 Å². The fraction of sp³-hybridized carbons (Fsp3) is 0.700. The van der Waals surface area contributed by atoms with Gasteiger partial charge < -0.3 is 15.0 Å². The molecule has 2 heterocycles. The summed E-state index contributed by atoms with van der Waals surface area (Å²) in [5.74, 6) is -0.352. The molecule has 2 fully saturated rings. The summed E-state index contributed by atoms with van der Waals surface area (Å²) in [7, 11) is 0. The Balaban J connectivity index is 1.59. The van der Waals surface area contributed by atoms with Crippen molar-refractivity contribution in [2.24, 2.45) is 0 Å². The lowest BCUT2D eigenvalue weighted by molar-refractivity contribution is -0.136. The van der Waals surface area contributed by atoms with Gasteiger partial charge >= 0.3 is 6.09 Å². The number of cyclic esters (lactones) is 1. The molecule has 0 radical (unpaired) electrons. The van der Waals surface area contributed by atoms with E-state index >= 15 is 0 Å². The molecule has 2 aliphatic heterocycles. The molecule has 1 atom stereocenters. The van der Waals surface area contributed by atoms with E-state index in [0.29, 0.717) is 13.0 Å². The van der Waals surface area contributed by atoms with E-state index < -0.39 is 18.0 Å². The summed E-state index contributed by atoms with van der Waals surface area (Å²) >= 11 is 0. The Morgan fingerprint density at radius 2 is 2.39 bits per heavy atom. The van der Waals surface area contributed by atoms with Crippen LogP contribution in [0.3, 0.4) is 0 Å². The van der Waals surface area contributed by atoms with Crippen LogP contribution in [-0.2, 0) is 19.2 Å². The molecule has 8 nitrogen and oxygen atoms in total. The van der Waals surface area contributed by atoms with Crippen molar-refractivity contribution in [2.45, 2.75) is 18.9 Å². The lowest BCUT2D eigenvalue weighted by atomic mass is 10.3. The van der Waals surface area contributed by atoms with Gasteiger partial charge in [0.1, 0.15) is 12.6 Å². The van der Waals surface area contributed by atoms with Crippen LogP contribution < -0.4 is 10.8 Å². The fourth-order valence-corrected chi connectivity index (χ4v) is 1.82. The van der Waals surface area contributed by atoms with Crippen molar-refractivity contribution in [3.05, 3.63) is 0 Å². The van der Waals surface area contributed by atoms with Crippen molar-refractivity contribution in [2.75, 3.05) is 26.3 Å². The minimum Gasteiger partial charge on any atom is -0.447 e. The second kappa shape index (κ2) is 5.67. The molecule has 0 spiro atoms. The monoisotopic (exact) mass is 257 g/mol. The summed E-state index contributed by atoms with van der Waals surface area (Å²) in [4.78, 5) is 40.0. The van der Waals surface area contributed by atoms with Crippen molar-refractivity contribution in [3.8, 4) is 0 Å². The minimum absolute atomic E-state index is 0.00135. The smallest absolute Gasteiger partial charge is 0.407 e. The second-order valence-corrected chi connectivity index (χ2v) is 4.09. The van der Waals surface area contributed by atoms with Gasteiger partial charge in [-0.15, -0.1) is 0 Å². The van der Waals surface area contributed by atoms with Gasteiger partial charge in [-0.25, -0.2) is 10.3 Å². The second-order valence-electron chi connectivity index (χ2n) is 4.09. The molecule has 0 aromatic rings. The van der Waals surface area contributed by atoms with Crippen LogP contribution in [0.5, 0.6) is 0 Å². The van der Waals surface area contributed by atoms with Crippen molar-refractivity contribution < 1.29 is 24.0 Å². The maximum Gasteiger partial charge on any atom is 0.407 e. The molecule has 0 aromatic heterocycles. The number of carbonyl (C=O) groups excluding carboxylic acids is 3. The van der Waals surface area contributed by atoms with Crippen LogP contribution in [0.1, 0.15) is 12.8 Å². The molecule has 100 valence electrons. The van der Waals surface area contributed by atoms with Gasteiger partial charge in [0.05, 0.1) is 6.61 Å². The van der Waals surface area contributed by atoms with Gasteiger partial charge in [-0.1, -0.05) is 0 Å². The summed E-state index contributed by atoms with van der Waals surface area (Å²) in [5, 5.41) is 2.32. The zero-order valence-electron chi connectivity index (χ0n) is 9.81. The number of likely N-dealkylation sites (tertiary alicyclic amines) is 1. The molecule has 2 N–H and O–H groups in total. The van der Waals surface area contributed by atoms with Crippen LogP contribution >= 0.6 is 0 Å². The van der Waals surface area contributed by atoms with Crippen molar-refractivity contribution >= 4 is 17.9 Å². The first kappa shape index (κ1) is 12.6. The number of nitrogens with one attached hydrogen (secondary N) is 2. The molecule has 3 amide bonds. The van der Waals surface area contributed by atoms with Crippen LogP contribution in [-0.4, -0.2) is 55.2 Å². The molecule has 2 rings (SSSR count). The highest BCUT2D eigenvalue weighted by Gasteiger charge is 2.29. The molecule has 0 saturated carbocycles. The molecule has 8 heteroatoms. The molecule has 0 aromatic carbocycles. The van der Waals surface area contributed by atoms with Gasteiger partial charge in [-0.3, -0.25) is 14.4 Å². The Morgan fingerprint density at radius 3 is 3.00 bits per heavy atom. The number of carbonyl (C=O) groups is 3. The minimum atomic E-state index is -0.717. The van der Waals surface area contributed by atoms with E-state index in [2.05, 4.69) is 15.5 Å². The zero-order valence-corrected chi connectivity index (χ0v) is 9.81. The largest absolute Gasteiger partial charge is 0.447 e. The van der Waals surface area contributed by atoms with Gasteiger partial charge in [-0.05, 0) is 6.42 Å². The highest BCUT2D eigenvalue weighted by atomic mass is 16.7. The lowest BCUT2D eigenvalue weighted by Crippen LogP contribution is -2.43. The normalized spacial score (nSPS) is 22.9. The standard InChI is InChI=1S/C10H15N3O5/c14-8-2-1-3-13(8)4-5-18-12-9(15)7-6-17-10(16)11-7/h7H,1-6H2,(H,11,16)(H,12,15)/t7-/m0/s1. The topological polar surface area (TPSA) is 97.0 Å². The van der Waals surface area contributed by atoms with Crippen LogP contribution in [0.25, 0.3) is 0 Å². The first-order valence-electron chi connectivity index (χ1n) is 5.79. The molecule has 0 aliphatic carbocycles. The number of ether oxygens (including phenoxy) is 1. The number of hydrogen-bond acceptors (Lipinski definition) is 5. The van der Waals surface area contributed by atoms with Crippen LogP contribution in [0.15, 0.2) is 0 Å². The summed E-state index contributed by atoms with van der Waals surface area (Å²) < 4.78 is 4.57.